The third-order valence-electron chi connectivity index (χ3n) is 10.9. The summed E-state index contributed by atoms with van der Waals surface area (Å²) < 4.78 is 2.33. The number of rotatable bonds is 7. The molecule has 0 unspecified atom stereocenters. The Morgan fingerprint density at radius 3 is 1.66 bits per heavy atom. The highest BCUT2D eigenvalue weighted by molar-refractivity contribution is 7.27. The lowest BCUT2D eigenvalue weighted by Gasteiger charge is -2.27. The van der Waals surface area contributed by atoms with Crippen LogP contribution < -0.4 is 4.90 Å². The third kappa shape index (κ3) is 5.97. The summed E-state index contributed by atoms with van der Waals surface area (Å²) in [4.78, 5) is 17.9. The molecule has 11 aromatic rings. The molecule has 0 saturated heterocycles. The number of hydrogen-bond acceptors (Lipinski definition) is 5. The minimum atomic E-state index is 0.646. The molecule has 2 aromatic heterocycles. The van der Waals surface area contributed by atoms with Crippen molar-refractivity contribution in [2.24, 2.45) is 0 Å². The maximum Gasteiger partial charge on any atom is 0.165 e. The molecule has 0 spiro atoms. The maximum absolute atomic E-state index is 5.25. The van der Waals surface area contributed by atoms with Gasteiger partial charge in [-0.05, 0) is 75.1 Å². The monoisotopic (exact) mass is 758 g/mol. The second kappa shape index (κ2) is 14.2. The number of para-hydroxylation sites is 1. The smallest absolute Gasteiger partial charge is 0.165 e. The topological polar surface area (TPSA) is 41.9 Å². The van der Waals surface area contributed by atoms with Crippen molar-refractivity contribution in [1.82, 2.24) is 15.0 Å². The number of aromatic nitrogens is 3. The molecule has 0 aliphatic carbocycles. The highest BCUT2D eigenvalue weighted by Crippen LogP contribution is 2.50. The first-order chi connectivity index (χ1) is 28.7. The minimum absolute atomic E-state index is 0.646. The molecule has 0 bridgehead atoms. The van der Waals surface area contributed by atoms with Gasteiger partial charge in [-0.15, -0.1) is 11.3 Å². The number of anilines is 3. The van der Waals surface area contributed by atoms with Crippen molar-refractivity contribution >= 4 is 70.1 Å². The van der Waals surface area contributed by atoms with Crippen LogP contribution in [0.2, 0.25) is 0 Å². The van der Waals surface area contributed by atoms with Crippen LogP contribution in [0.5, 0.6) is 0 Å². The molecule has 272 valence electrons. The first kappa shape index (κ1) is 33.8. The average Bonchev–Trinajstić information content (AvgIpc) is 3.71. The van der Waals surface area contributed by atoms with Gasteiger partial charge in [0.2, 0.25) is 0 Å². The van der Waals surface area contributed by atoms with E-state index in [9.17, 15) is 0 Å². The van der Waals surface area contributed by atoms with Crippen LogP contribution in [0.25, 0.3) is 87.0 Å². The van der Waals surface area contributed by atoms with E-state index in [1.807, 2.05) is 18.2 Å². The molecular weight excluding hydrogens is 725 g/mol. The molecule has 58 heavy (non-hydrogen) atoms. The second-order valence-electron chi connectivity index (χ2n) is 14.4. The molecule has 0 saturated carbocycles. The molecule has 0 amide bonds. The molecule has 9 aromatic carbocycles. The van der Waals surface area contributed by atoms with Crippen molar-refractivity contribution in [3.05, 3.63) is 206 Å². The van der Waals surface area contributed by atoms with Gasteiger partial charge in [-0.25, -0.2) is 15.0 Å². The van der Waals surface area contributed by atoms with E-state index in [1.54, 1.807) is 11.3 Å². The lowest BCUT2D eigenvalue weighted by Crippen LogP contribution is -2.10. The van der Waals surface area contributed by atoms with Gasteiger partial charge in [0.05, 0.1) is 10.4 Å². The number of benzene rings is 9. The van der Waals surface area contributed by atoms with Crippen molar-refractivity contribution in [3.63, 3.8) is 0 Å². The van der Waals surface area contributed by atoms with Crippen molar-refractivity contribution in [1.29, 1.82) is 0 Å². The van der Waals surface area contributed by atoms with Crippen LogP contribution in [0.15, 0.2) is 206 Å². The molecule has 0 fully saturated rings. The van der Waals surface area contributed by atoms with Crippen LogP contribution in [0.3, 0.4) is 0 Å². The lowest BCUT2D eigenvalue weighted by atomic mass is 10.00. The number of nitrogens with zero attached hydrogens (tertiary/aromatic N) is 4. The summed E-state index contributed by atoms with van der Waals surface area (Å²) in [6, 6.07) is 72.8. The number of fused-ring (bicyclic) bond motifs is 6. The van der Waals surface area contributed by atoms with Gasteiger partial charge in [-0.1, -0.05) is 164 Å². The van der Waals surface area contributed by atoms with Gasteiger partial charge < -0.3 is 4.90 Å². The molecule has 0 N–H and O–H groups in total. The quantitative estimate of drug-likeness (QED) is 0.162. The van der Waals surface area contributed by atoms with Gasteiger partial charge in [0.15, 0.2) is 17.5 Å². The Labute approximate surface area is 340 Å². The van der Waals surface area contributed by atoms with Crippen LogP contribution in [0.4, 0.5) is 17.1 Å². The Balaban J connectivity index is 1.15. The van der Waals surface area contributed by atoms with Crippen LogP contribution in [-0.4, -0.2) is 15.0 Å². The molecule has 2 heterocycles. The Hall–Kier alpha value is -7.47. The molecule has 5 heteroatoms. The Morgan fingerprint density at radius 1 is 0.345 bits per heavy atom. The molecule has 0 atom stereocenters. The Morgan fingerprint density at radius 2 is 0.897 bits per heavy atom. The largest absolute Gasteiger partial charge is 0.309 e. The van der Waals surface area contributed by atoms with Gasteiger partial charge in [-0.3, -0.25) is 0 Å². The minimum Gasteiger partial charge on any atom is -0.309 e. The first-order valence-electron chi connectivity index (χ1n) is 19.4. The fraction of sp³-hybridized carbons (Fsp3) is 0. The highest BCUT2D eigenvalue weighted by Gasteiger charge is 2.23. The fourth-order valence-corrected chi connectivity index (χ4v) is 9.41. The van der Waals surface area contributed by atoms with Gasteiger partial charge >= 0.3 is 0 Å². The SMILES string of the molecule is c1ccc(-c2ccc(N(c3ccccc3)c3cc4ccccc4c4c3sc3c(-c5nc(-c6ccccc6)nc(-c6ccc7ccccc7c6)n5)cccc34)cc2)cc1. The van der Waals surface area contributed by atoms with Crippen LogP contribution >= 0.6 is 11.3 Å². The van der Waals surface area contributed by atoms with Crippen molar-refractivity contribution < 1.29 is 0 Å². The summed E-state index contributed by atoms with van der Waals surface area (Å²) in [7, 11) is 0. The summed E-state index contributed by atoms with van der Waals surface area (Å²) in [5.74, 6) is 1.94. The van der Waals surface area contributed by atoms with Crippen LogP contribution in [0, 0.1) is 0 Å². The van der Waals surface area contributed by atoms with E-state index < -0.39 is 0 Å². The first-order valence-corrected chi connectivity index (χ1v) is 20.3. The van der Waals surface area contributed by atoms with E-state index in [-0.39, 0.29) is 0 Å². The predicted molar refractivity (Wildman–Crippen MR) is 244 cm³/mol. The van der Waals surface area contributed by atoms with Gasteiger partial charge in [0.1, 0.15) is 0 Å². The Bertz CT molecular complexity index is 3270. The van der Waals surface area contributed by atoms with E-state index >= 15 is 0 Å². The molecule has 0 radical (unpaired) electrons. The zero-order valence-electron chi connectivity index (χ0n) is 31.3. The van der Waals surface area contributed by atoms with Gasteiger partial charge in [0.25, 0.3) is 0 Å². The Kier molecular flexibility index (Phi) is 8.30. The zero-order valence-corrected chi connectivity index (χ0v) is 32.1. The summed E-state index contributed by atoms with van der Waals surface area (Å²) in [6.45, 7) is 0. The highest BCUT2D eigenvalue weighted by atomic mass is 32.1. The van der Waals surface area contributed by atoms with E-state index in [0.717, 1.165) is 43.8 Å². The van der Waals surface area contributed by atoms with Gasteiger partial charge in [-0.2, -0.15) is 0 Å². The van der Waals surface area contributed by atoms with Crippen molar-refractivity contribution in [2.45, 2.75) is 0 Å². The van der Waals surface area contributed by atoms with Crippen LogP contribution in [0.1, 0.15) is 0 Å². The fourth-order valence-electron chi connectivity index (χ4n) is 8.08. The summed E-state index contributed by atoms with van der Waals surface area (Å²) >= 11 is 1.81. The molecule has 0 aliphatic heterocycles. The molecule has 0 aliphatic rings. The zero-order chi connectivity index (χ0) is 38.4. The average molecular weight is 759 g/mol. The maximum atomic E-state index is 5.25. The second-order valence-corrected chi connectivity index (χ2v) is 15.4. The van der Waals surface area contributed by atoms with E-state index in [4.69, 9.17) is 15.0 Å². The van der Waals surface area contributed by atoms with E-state index in [0.29, 0.717) is 17.5 Å². The van der Waals surface area contributed by atoms with Gasteiger partial charge in [0, 0.05) is 43.5 Å². The molecular formula is C53H34N4S. The number of hydrogen-bond donors (Lipinski definition) is 0. The van der Waals surface area contributed by atoms with E-state index in [2.05, 4.69) is 193 Å². The summed E-state index contributed by atoms with van der Waals surface area (Å²) in [6.07, 6.45) is 0. The van der Waals surface area contributed by atoms with Crippen molar-refractivity contribution in [3.8, 4) is 45.3 Å². The molecule has 4 nitrogen and oxygen atoms in total. The van der Waals surface area contributed by atoms with Crippen molar-refractivity contribution in [2.75, 3.05) is 4.90 Å². The summed E-state index contributed by atoms with van der Waals surface area (Å²) in [5.41, 5.74) is 8.56. The summed E-state index contributed by atoms with van der Waals surface area (Å²) in [5, 5.41) is 7.13. The lowest BCUT2D eigenvalue weighted by molar-refractivity contribution is 1.08. The standard InChI is InChI=1S/C53H34N4S/c1-4-15-35(16-5-1)37-29-31-43(32-30-37)57(42-22-8-3-9-23-42)47-34-40-21-12-13-24-44(40)48-45-25-14-26-46(49(45)58-50(47)48)53-55-51(38-18-6-2-7-19-38)54-52(56-53)41-28-27-36-17-10-11-20-39(36)33-41/h1-34H. The van der Waals surface area contributed by atoms with Crippen LogP contribution in [-0.2, 0) is 0 Å². The number of thiophene rings is 1. The van der Waals surface area contributed by atoms with E-state index in [1.165, 1.54) is 42.8 Å². The molecule has 11 rings (SSSR count). The normalized spacial score (nSPS) is 11.4. The third-order valence-corrected chi connectivity index (χ3v) is 12.1. The predicted octanol–water partition coefficient (Wildman–Crippen LogP) is 14.7.